The van der Waals surface area contributed by atoms with Gasteiger partial charge in [0.15, 0.2) is 23.0 Å². The molecular formula is C48H62N8O12. The van der Waals surface area contributed by atoms with Crippen LogP contribution in [0.2, 0.25) is 0 Å². The van der Waals surface area contributed by atoms with Crippen molar-refractivity contribution in [2.24, 2.45) is 5.92 Å². The van der Waals surface area contributed by atoms with Crippen LogP contribution in [0.3, 0.4) is 0 Å². The molecular weight excluding hydrogens is 881 g/mol. The third kappa shape index (κ3) is 14.7. The molecule has 11 N–H and O–H groups in total. The van der Waals surface area contributed by atoms with Crippen LogP contribution in [0.25, 0.3) is 0 Å². The quantitative estimate of drug-likeness (QED) is 0.0376. The van der Waals surface area contributed by atoms with Crippen LogP contribution in [0.1, 0.15) is 110 Å². The van der Waals surface area contributed by atoms with Crippen LogP contribution in [-0.4, -0.2) is 123 Å². The fourth-order valence-corrected chi connectivity index (χ4v) is 7.73. The van der Waals surface area contributed by atoms with E-state index in [-0.39, 0.29) is 80.1 Å². The molecule has 0 radical (unpaired) electrons. The van der Waals surface area contributed by atoms with Crippen molar-refractivity contribution >= 4 is 29.6 Å². The second-order valence-corrected chi connectivity index (χ2v) is 17.3. The highest BCUT2D eigenvalue weighted by Crippen LogP contribution is 2.32. The summed E-state index contributed by atoms with van der Waals surface area (Å²) in [6, 6.07) is 12.4. The second-order valence-electron chi connectivity index (χ2n) is 17.3. The monoisotopic (exact) mass is 942 g/mol. The number of aromatic amines is 2. The summed E-state index contributed by atoms with van der Waals surface area (Å²) in [7, 11) is 0. The summed E-state index contributed by atoms with van der Waals surface area (Å²) in [5.74, 6) is -5.86. The number of pyridine rings is 2. The number of amides is 4. The Morgan fingerprint density at radius 3 is 1.51 bits per heavy atom. The number of hydrogen-bond acceptors (Lipinski definition) is 14. The summed E-state index contributed by atoms with van der Waals surface area (Å²) in [5, 5.41) is 55.7. The summed E-state index contributed by atoms with van der Waals surface area (Å²) >= 11 is 0. The number of H-pyrrole nitrogens is 2. The number of esters is 1. The topological polar surface area (TPSA) is 305 Å². The largest absolute Gasteiger partial charge is 0.504 e. The number of rotatable bonds is 23. The number of nitrogens with one attached hydrogen (secondary N) is 7. The molecule has 68 heavy (non-hydrogen) atoms. The molecule has 0 saturated heterocycles. The van der Waals surface area contributed by atoms with Gasteiger partial charge in [-0.2, -0.15) is 0 Å². The highest BCUT2D eigenvalue weighted by atomic mass is 16.5. The van der Waals surface area contributed by atoms with E-state index < -0.39 is 63.8 Å². The number of benzene rings is 2. The molecule has 1 atom stereocenters. The van der Waals surface area contributed by atoms with Gasteiger partial charge in [-0.3, -0.25) is 38.5 Å². The molecule has 4 amide bonds. The fraction of sp³-hybridized carbons (Fsp3) is 0.438. The molecule has 5 rings (SSSR count). The van der Waals surface area contributed by atoms with E-state index in [1.807, 2.05) is 24.3 Å². The first-order valence-corrected chi connectivity index (χ1v) is 22.7. The summed E-state index contributed by atoms with van der Waals surface area (Å²) < 4.78 is 5.77. The molecule has 1 fully saturated rings. The first-order valence-electron chi connectivity index (χ1n) is 22.7. The van der Waals surface area contributed by atoms with Crippen molar-refractivity contribution in [2.45, 2.75) is 84.9 Å². The summed E-state index contributed by atoms with van der Waals surface area (Å²) in [5.41, 5.74) is -0.0305. The van der Waals surface area contributed by atoms with Crippen molar-refractivity contribution in [3.05, 3.63) is 114 Å². The highest BCUT2D eigenvalue weighted by Gasteiger charge is 2.27. The molecule has 1 saturated carbocycles. The Balaban J connectivity index is 1.11. The van der Waals surface area contributed by atoms with Gasteiger partial charge >= 0.3 is 5.97 Å². The Morgan fingerprint density at radius 2 is 1.06 bits per heavy atom. The lowest BCUT2D eigenvalue weighted by Crippen LogP contribution is -2.43. The van der Waals surface area contributed by atoms with Gasteiger partial charge in [-0.15, -0.1) is 0 Å². The maximum absolute atomic E-state index is 13.2. The zero-order valence-corrected chi connectivity index (χ0v) is 38.8. The molecule has 1 aliphatic carbocycles. The molecule has 1 aliphatic rings. The van der Waals surface area contributed by atoms with E-state index in [0.29, 0.717) is 36.7 Å². The zero-order chi connectivity index (χ0) is 49.5. The first kappa shape index (κ1) is 51.8. The molecule has 1 unspecified atom stereocenters. The average Bonchev–Trinajstić information content (AvgIpc) is 3.81. The van der Waals surface area contributed by atoms with E-state index in [1.54, 1.807) is 18.7 Å². The number of carbonyl (C=O) groups is 5. The minimum Gasteiger partial charge on any atom is -0.504 e. The van der Waals surface area contributed by atoms with E-state index in [2.05, 4.69) is 50.4 Å². The molecule has 0 aliphatic heterocycles. The van der Waals surface area contributed by atoms with E-state index in [9.17, 15) is 54.0 Å². The molecule has 20 nitrogen and oxygen atoms in total. The number of phenols is 2. The van der Waals surface area contributed by atoms with E-state index in [0.717, 1.165) is 36.8 Å². The predicted octanol–water partition coefficient (Wildman–Crippen LogP) is 2.36. The van der Waals surface area contributed by atoms with Crippen LogP contribution in [0.15, 0.2) is 58.1 Å². The molecule has 2 aromatic carbocycles. The lowest BCUT2D eigenvalue weighted by atomic mass is 10.0. The van der Waals surface area contributed by atoms with Gasteiger partial charge in [0.25, 0.3) is 34.7 Å². The van der Waals surface area contributed by atoms with Gasteiger partial charge in [0, 0.05) is 63.7 Å². The van der Waals surface area contributed by atoms with Crippen molar-refractivity contribution in [3.63, 3.8) is 0 Å². The van der Waals surface area contributed by atoms with Gasteiger partial charge in [-0.25, -0.2) is 0 Å². The van der Waals surface area contributed by atoms with Gasteiger partial charge in [0.1, 0.15) is 12.1 Å². The van der Waals surface area contributed by atoms with E-state index >= 15 is 0 Å². The van der Waals surface area contributed by atoms with Crippen LogP contribution in [-0.2, 0) is 22.5 Å². The van der Waals surface area contributed by atoms with Gasteiger partial charge in [-0.05, 0) is 93.7 Å². The SMILES string of the molecule is Cc1cc(C(=O)NCCN(CCNC(=O)c2ccc(C(=O)NCCc3ccc(CNC(CC(C)C)C(=O)OC4CCCC4)cc3)c(O)c2O)CCNC(=O)c2cc(C)[nH]c(=O)c2O)c(O)c(=O)[nH]1. The van der Waals surface area contributed by atoms with Crippen molar-refractivity contribution in [1.29, 1.82) is 0 Å². The maximum Gasteiger partial charge on any atom is 0.323 e. The molecule has 4 aromatic rings. The van der Waals surface area contributed by atoms with Crippen molar-refractivity contribution in [1.82, 2.24) is 41.5 Å². The average molecular weight is 943 g/mol. The van der Waals surface area contributed by atoms with E-state index in [1.165, 1.54) is 24.3 Å². The molecule has 2 heterocycles. The van der Waals surface area contributed by atoms with Crippen molar-refractivity contribution in [3.8, 4) is 23.0 Å². The molecule has 0 spiro atoms. The molecule has 0 bridgehead atoms. The minimum absolute atomic E-state index is 0.000124. The standard InChI is InChI=1S/C48H62N8O12/c1-27(2)23-37(48(67)68-32-7-5-6-8-32)53-26-31-11-9-30(10-12-31)15-16-49-42(61)33-13-14-34(39(58)38(33)57)43(62)50-17-20-56(21-18-51-44(63)35-24-28(3)54-46(65)40(35)59)22-19-52-45(64)36-25-29(4)55-47(66)41(36)60/h9-14,24-25,27,32,37,53,57-60H,5-8,15-23,26H2,1-4H3,(H,49,61)(H,50,62)(H,51,63)(H,52,64)(H,54,65)(H,55,66). The highest BCUT2D eigenvalue weighted by molar-refractivity contribution is 6.03. The van der Waals surface area contributed by atoms with Gasteiger partial charge in [0.2, 0.25) is 0 Å². The number of carbonyl (C=O) groups excluding carboxylic acids is 5. The van der Waals surface area contributed by atoms with Gasteiger partial charge < -0.3 is 61.7 Å². The van der Waals surface area contributed by atoms with Crippen LogP contribution in [0, 0.1) is 19.8 Å². The van der Waals surface area contributed by atoms with Gasteiger partial charge in [-0.1, -0.05) is 38.1 Å². The number of hydrogen-bond donors (Lipinski definition) is 11. The van der Waals surface area contributed by atoms with Crippen LogP contribution in [0.5, 0.6) is 23.0 Å². The Kier molecular flexibility index (Phi) is 18.7. The zero-order valence-electron chi connectivity index (χ0n) is 38.8. The summed E-state index contributed by atoms with van der Waals surface area (Å²) in [6.07, 6.45) is 5.11. The number of ether oxygens (including phenoxy) is 1. The van der Waals surface area contributed by atoms with Crippen molar-refractivity contribution < 1.29 is 49.1 Å². The maximum atomic E-state index is 13.2. The third-order valence-corrected chi connectivity index (χ3v) is 11.4. The number of phenolic OH excluding ortho intramolecular Hbond substituents is 2. The third-order valence-electron chi connectivity index (χ3n) is 11.4. The first-order chi connectivity index (χ1) is 32.4. The Labute approximate surface area is 392 Å². The van der Waals surface area contributed by atoms with Crippen molar-refractivity contribution in [2.75, 3.05) is 45.8 Å². The summed E-state index contributed by atoms with van der Waals surface area (Å²) in [6.45, 7) is 8.31. The minimum atomic E-state index is -0.826. The van der Waals surface area contributed by atoms with E-state index in [4.69, 9.17) is 4.74 Å². The second kappa shape index (κ2) is 24.5. The lowest BCUT2D eigenvalue weighted by Gasteiger charge is -2.23. The van der Waals surface area contributed by atoms with Gasteiger partial charge in [0.05, 0.1) is 22.3 Å². The van der Waals surface area contributed by atoms with Crippen LogP contribution >= 0.6 is 0 Å². The lowest BCUT2D eigenvalue weighted by molar-refractivity contribution is -0.151. The number of aromatic hydroxyl groups is 4. The number of nitrogens with zero attached hydrogens (tertiary/aromatic N) is 1. The molecule has 20 heteroatoms. The predicted molar refractivity (Wildman–Crippen MR) is 251 cm³/mol. The Morgan fingerprint density at radius 1 is 0.632 bits per heavy atom. The normalized spacial score (nSPS) is 13.0. The van der Waals surface area contributed by atoms with Crippen LogP contribution in [0.4, 0.5) is 0 Å². The Bertz CT molecular complexity index is 2470. The smallest absolute Gasteiger partial charge is 0.323 e. The fourth-order valence-electron chi connectivity index (χ4n) is 7.73. The number of aromatic nitrogens is 2. The Hall–Kier alpha value is -7.19. The molecule has 366 valence electrons. The van der Waals surface area contributed by atoms with Crippen LogP contribution < -0.4 is 37.7 Å². The number of aryl methyl sites for hydroxylation is 2. The summed E-state index contributed by atoms with van der Waals surface area (Å²) in [4.78, 5) is 95.2. The molecule has 2 aromatic heterocycles.